The van der Waals surface area contributed by atoms with Gasteiger partial charge in [0.2, 0.25) is 0 Å². The lowest BCUT2D eigenvalue weighted by molar-refractivity contribution is 0.0277. The van der Waals surface area contributed by atoms with Crippen LogP contribution in [0.1, 0.15) is 17.2 Å². The van der Waals surface area contributed by atoms with E-state index < -0.39 is 0 Å². The molecule has 88 valence electrons. The lowest BCUT2D eigenvalue weighted by atomic mass is 10.1. The van der Waals surface area contributed by atoms with Gasteiger partial charge < -0.3 is 14.8 Å². The van der Waals surface area contributed by atoms with E-state index in [0.29, 0.717) is 6.61 Å². The molecule has 1 saturated heterocycles. The molecule has 1 aromatic rings. The Hall–Kier alpha value is -0.610. The summed E-state index contributed by atoms with van der Waals surface area (Å²) in [5.41, 5.74) is 2.13. The van der Waals surface area contributed by atoms with E-state index in [2.05, 4.69) is 11.4 Å². The summed E-state index contributed by atoms with van der Waals surface area (Å²) in [7, 11) is 1.67. The molecule has 1 aromatic carbocycles. The molecule has 1 heterocycles. The number of rotatable bonds is 3. The first kappa shape index (κ1) is 11.9. The van der Waals surface area contributed by atoms with E-state index >= 15 is 0 Å². The highest BCUT2D eigenvalue weighted by Crippen LogP contribution is 2.25. The molecule has 0 bridgehead atoms. The van der Waals surface area contributed by atoms with Crippen molar-refractivity contribution in [3.8, 4) is 0 Å². The maximum absolute atomic E-state index is 6.17. The van der Waals surface area contributed by atoms with Crippen LogP contribution in [0.3, 0.4) is 0 Å². The Morgan fingerprint density at radius 1 is 1.56 bits per heavy atom. The zero-order valence-electron chi connectivity index (χ0n) is 9.33. The molecular weight excluding hydrogens is 226 g/mol. The van der Waals surface area contributed by atoms with Gasteiger partial charge in [-0.05, 0) is 17.2 Å². The lowest BCUT2D eigenvalue weighted by Gasteiger charge is -2.24. The third-order valence-corrected chi connectivity index (χ3v) is 3.03. The predicted molar refractivity (Wildman–Crippen MR) is 63.7 cm³/mol. The minimum Gasteiger partial charge on any atom is -0.380 e. The van der Waals surface area contributed by atoms with E-state index in [1.54, 1.807) is 7.11 Å². The fourth-order valence-electron chi connectivity index (χ4n) is 1.82. The van der Waals surface area contributed by atoms with Crippen molar-refractivity contribution in [1.29, 1.82) is 0 Å². The van der Waals surface area contributed by atoms with Crippen LogP contribution in [0.5, 0.6) is 0 Å². The molecule has 2 rings (SSSR count). The van der Waals surface area contributed by atoms with Gasteiger partial charge in [-0.3, -0.25) is 0 Å². The zero-order chi connectivity index (χ0) is 11.4. The number of ether oxygens (including phenoxy) is 2. The summed E-state index contributed by atoms with van der Waals surface area (Å²) >= 11 is 6.17. The van der Waals surface area contributed by atoms with Gasteiger partial charge in [0.15, 0.2) is 0 Å². The van der Waals surface area contributed by atoms with Crippen LogP contribution in [0.2, 0.25) is 5.02 Å². The Bertz CT molecular complexity index is 351. The molecule has 3 nitrogen and oxygen atoms in total. The van der Waals surface area contributed by atoms with Crippen LogP contribution in [0.15, 0.2) is 18.2 Å². The first-order valence-corrected chi connectivity index (χ1v) is 5.78. The maximum atomic E-state index is 6.17. The van der Waals surface area contributed by atoms with Crippen molar-refractivity contribution in [1.82, 2.24) is 5.32 Å². The standard InChI is InChI=1S/C12H16ClNO2/c1-15-8-10-3-2-9(6-11(10)13)12-7-14-4-5-16-12/h2-3,6,12,14H,4-5,7-8H2,1H3. The van der Waals surface area contributed by atoms with Crippen LogP contribution in [0.4, 0.5) is 0 Å². The van der Waals surface area contributed by atoms with Crippen molar-refractivity contribution >= 4 is 11.6 Å². The first-order chi connectivity index (χ1) is 7.81. The Kier molecular flexibility index (Phi) is 4.18. The fourth-order valence-corrected chi connectivity index (χ4v) is 2.06. The van der Waals surface area contributed by atoms with Gasteiger partial charge in [-0.1, -0.05) is 23.7 Å². The number of hydrogen-bond donors (Lipinski definition) is 1. The van der Waals surface area contributed by atoms with E-state index in [1.807, 2.05) is 12.1 Å². The molecule has 1 atom stereocenters. The van der Waals surface area contributed by atoms with Gasteiger partial charge in [-0.2, -0.15) is 0 Å². The molecule has 1 N–H and O–H groups in total. The fraction of sp³-hybridized carbons (Fsp3) is 0.500. The van der Waals surface area contributed by atoms with Crippen LogP contribution < -0.4 is 5.32 Å². The molecule has 0 saturated carbocycles. The molecule has 1 aliphatic rings. The smallest absolute Gasteiger partial charge is 0.0950 e. The number of nitrogens with one attached hydrogen (secondary N) is 1. The number of benzene rings is 1. The van der Waals surface area contributed by atoms with Crippen molar-refractivity contribution in [3.63, 3.8) is 0 Å². The summed E-state index contributed by atoms with van der Waals surface area (Å²) in [6, 6.07) is 6.02. The summed E-state index contributed by atoms with van der Waals surface area (Å²) in [6.07, 6.45) is 0.114. The Labute approximate surface area is 101 Å². The second-order valence-corrected chi connectivity index (χ2v) is 4.25. The molecule has 1 aliphatic heterocycles. The number of methoxy groups -OCH3 is 1. The molecule has 0 amide bonds. The molecule has 0 aliphatic carbocycles. The van der Waals surface area contributed by atoms with Gasteiger partial charge in [0.05, 0.1) is 19.3 Å². The van der Waals surface area contributed by atoms with Gasteiger partial charge in [-0.25, -0.2) is 0 Å². The van der Waals surface area contributed by atoms with Crippen molar-refractivity contribution in [2.45, 2.75) is 12.7 Å². The van der Waals surface area contributed by atoms with Crippen LogP contribution in [0, 0.1) is 0 Å². The van der Waals surface area contributed by atoms with Crippen molar-refractivity contribution in [2.75, 3.05) is 26.8 Å². The Balaban J connectivity index is 2.13. The van der Waals surface area contributed by atoms with Gasteiger partial charge in [0.25, 0.3) is 0 Å². The summed E-state index contributed by atoms with van der Waals surface area (Å²) < 4.78 is 10.7. The van der Waals surface area contributed by atoms with Crippen LogP contribution >= 0.6 is 11.6 Å². The summed E-state index contributed by atoms with van der Waals surface area (Å²) in [4.78, 5) is 0. The van der Waals surface area contributed by atoms with Gasteiger partial charge in [-0.15, -0.1) is 0 Å². The Morgan fingerprint density at radius 3 is 3.06 bits per heavy atom. The topological polar surface area (TPSA) is 30.5 Å². The Morgan fingerprint density at radius 2 is 2.44 bits per heavy atom. The van der Waals surface area contributed by atoms with Crippen molar-refractivity contribution in [2.24, 2.45) is 0 Å². The zero-order valence-corrected chi connectivity index (χ0v) is 10.1. The molecule has 0 spiro atoms. The minimum absolute atomic E-state index is 0.114. The van der Waals surface area contributed by atoms with Crippen molar-refractivity contribution < 1.29 is 9.47 Å². The number of hydrogen-bond acceptors (Lipinski definition) is 3. The second kappa shape index (κ2) is 5.64. The largest absolute Gasteiger partial charge is 0.380 e. The van der Waals surface area contributed by atoms with E-state index in [1.165, 1.54) is 0 Å². The van der Waals surface area contributed by atoms with Crippen LogP contribution in [-0.2, 0) is 16.1 Å². The van der Waals surface area contributed by atoms with Crippen LogP contribution in [-0.4, -0.2) is 26.8 Å². The monoisotopic (exact) mass is 241 g/mol. The second-order valence-electron chi connectivity index (χ2n) is 3.85. The molecule has 0 aromatic heterocycles. The third kappa shape index (κ3) is 2.74. The highest BCUT2D eigenvalue weighted by Gasteiger charge is 2.16. The third-order valence-electron chi connectivity index (χ3n) is 2.68. The normalized spacial score (nSPS) is 21.0. The number of halogens is 1. The van der Waals surface area contributed by atoms with E-state index in [0.717, 1.165) is 35.8 Å². The molecular formula is C12H16ClNO2. The summed E-state index contributed by atoms with van der Waals surface area (Å²) in [5, 5.41) is 4.04. The minimum atomic E-state index is 0.114. The van der Waals surface area contributed by atoms with Crippen molar-refractivity contribution in [3.05, 3.63) is 34.3 Å². The molecule has 0 radical (unpaired) electrons. The van der Waals surface area contributed by atoms with Gasteiger partial charge in [0.1, 0.15) is 0 Å². The average Bonchev–Trinajstić information content (AvgIpc) is 2.33. The highest BCUT2D eigenvalue weighted by atomic mass is 35.5. The van der Waals surface area contributed by atoms with E-state index in [4.69, 9.17) is 21.1 Å². The lowest BCUT2D eigenvalue weighted by Crippen LogP contribution is -2.33. The summed E-state index contributed by atoms with van der Waals surface area (Å²) in [5.74, 6) is 0. The van der Waals surface area contributed by atoms with Crippen LogP contribution in [0.25, 0.3) is 0 Å². The quantitative estimate of drug-likeness (QED) is 0.880. The van der Waals surface area contributed by atoms with E-state index in [9.17, 15) is 0 Å². The van der Waals surface area contributed by atoms with Gasteiger partial charge in [0, 0.05) is 25.2 Å². The first-order valence-electron chi connectivity index (χ1n) is 5.41. The molecule has 1 fully saturated rings. The SMILES string of the molecule is COCc1ccc(C2CNCCO2)cc1Cl. The highest BCUT2D eigenvalue weighted by molar-refractivity contribution is 6.31. The maximum Gasteiger partial charge on any atom is 0.0950 e. The molecule has 1 unspecified atom stereocenters. The number of morpholine rings is 1. The predicted octanol–water partition coefficient (Wildman–Crippen LogP) is 2.15. The molecule has 16 heavy (non-hydrogen) atoms. The average molecular weight is 242 g/mol. The summed E-state index contributed by atoms with van der Waals surface area (Å²) in [6.45, 7) is 3.07. The van der Waals surface area contributed by atoms with E-state index in [-0.39, 0.29) is 6.10 Å². The van der Waals surface area contributed by atoms with Gasteiger partial charge >= 0.3 is 0 Å². The molecule has 4 heteroatoms.